The summed E-state index contributed by atoms with van der Waals surface area (Å²) in [6, 6.07) is 10.6. The Morgan fingerprint density at radius 1 is 1.08 bits per heavy atom. The zero-order valence-corrected chi connectivity index (χ0v) is 22.0. The first kappa shape index (κ1) is 27.3. The van der Waals surface area contributed by atoms with Gasteiger partial charge in [-0.05, 0) is 42.7 Å². The molecule has 0 aliphatic heterocycles. The molecule has 2 amide bonds. The monoisotopic (exact) mass is 530 g/mol. The van der Waals surface area contributed by atoms with Crippen LogP contribution in [0.1, 0.15) is 52.6 Å². The van der Waals surface area contributed by atoms with Crippen molar-refractivity contribution in [3.63, 3.8) is 0 Å². The number of carbonyl (C=O) groups excluding carboxylic acids is 3. The number of nitrogens with one attached hydrogen (secondary N) is 1. The van der Waals surface area contributed by atoms with E-state index in [1.165, 1.54) is 15.6 Å². The van der Waals surface area contributed by atoms with Crippen LogP contribution in [-0.2, 0) is 11.3 Å². The molecule has 1 atom stereocenters. The van der Waals surface area contributed by atoms with Crippen molar-refractivity contribution >= 4 is 40.8 Å². The van der Waals surface area contributed by atoms with Gasteiger partial charge in [0, 0.05) is 30.2 Å². The normalized spacial score (nSPS) is 11.9. The van der Waals surface area contributed by atoms with Gasteiger partial charge in [0.15, 0.2) is 11.6 Å². The number of hydrogen-bond acceptors (Lipinski definition) is 6. The van der Waals surface area contributed by atoms with Gasteiger partial charge in [-0.1, -0.05) is 49.2 Å². The minimum Gasteiger partial charge on any atom is -0.347 e. The summed E-state index contributed by atoms with van der Waals surface area (Å²) in [4.78, 5) is 44.3. The summed E-state index contributed by atoms with van der Waals surface area (Å²) in [5, 5.41) is 7.72. The van der Waals surface area contributed by atoms with Crippen molar-refractivity contribution in [2.45, 2.75) is 32.9 Å². The number of nitrogens with two attached hydrogens (primary N) is 1. The first-order valence-electron chi connectivity index (χ1n) is 11.3. The quantitative estimate of drug-likeness (QED) is 0.408. The molecule has 0 radical (unpaired) electrons. The van der Waals surface area contributed by atoms with E-state index in [1.54, 1.807) is 50.5 Å². The molecule has 0 bridgehead atoms. The number of aromatic nitrogens is 3. The second-order valence-corrected chi connectivity index (χ2v) is 9.73. The highest BCUT2D eigenvalue weighted by atomic mass is 35.5. The average Bonchev–Trinajstić information content (AvgIpc) is 3.25. The first-order chi connectivity index (χ1) is 17.0. The Balaban J connectivity index is 2.07. The SMILES string of the molecule is CC(C)C[C@@H](N)C(=O)NCc1nc(C(=O)N(C)C)nn1-c1ccc(Cl)cc1C(=O)c1ccccc1Cl. The molecule has 0 saturated carbocycles. The largest absolute Gasteiger partial charge is 0.347 e. The third-order valence-corrected chi connectivity index (χ3v) is 5.87. The molecule has 3 N–H and O–H groups in total. The molecule has 3 rings (SSSR count). The maximum absolute atomic E-state index is 13.5. The highest BCUT2D eigenvalue weighted by Gasteiger charge is 2.24. The van der Waals surface area contributed by atoms with Gasteiger partial charge >= 0.3 is 0 Å². The fourth-order valence-electron chi connectivity index (χ4n) is 3.52. The lowest BCUT2D eigenvalue weighted by Gasteiger charge is -2.15. The van der Waals surface area contributed by atoms with Crippen molar-refractivity contribution in [3.05, 3.63) is 75.3 Å². The lowest BCUT2D eigenvalue weighted by atomic mass is 10.0. The van der Waals surface area contributed by atoms with Gasteiger partial charge in [0.2, 0.25) is 11.7 Å². The predicted molar refractivity (Wildman–Crippen MR) is 139 cm³/mol. The van der Waals surface area contributed by atoms with Crippen molar-refractivity contribution in [2.75, 3.05) is 14.1 Å². The van der Waals surface area contributed by atoms with Crippen molar-refractivity contribution < 1.29 is 14.4 Å². The van der Waals surface area contributed by atoms with Crippen molar-refractivity contribution in [2.24, 2.45) is 11.7 Å². The third-order valence-electron chi connectivity index (χ3n) is 5.30. The van der Waals surface area contributed by atoms with Crippen LogP contribution in [0.5, 0.6) is 0 Å². The fraction of sp³-hybridized carbons (Fsp3) is 0.320. The number of amides is 2. The zero-order chi connectivity index (χ0) is 26.6. The van der Waals surface area contributed by atoms with Gasteiger partial charge in [-0.15, -0.1) is 5.10 Å². The Morgan fingerprint density at radius 3 is 2.42 bits per heavy atom. The smallest absolute Gasteiger partial charge is 0.293 e. The minimum atomic E-state index is -0.697. The second kappa shape index (κ2) is 11.6. The lowest BCUT2D eigenvalue weighted by Crippen LogP contribution is -2.41. The van der Waals surface area contributed by atoms with Crippen LogP contribution in [0.4, 0.5) is 0 Å². The maximum atomic E-state index is 13.5. The van der Waals surface area contributed by atoms with Gasteiger partial charge in [-0.3, -0.25) is 14.4 Å². The molecule has 2 aromatic carbocycles. The van der Waals surface area contributed by atoms with Crippen molar-refractivity contribution in [3.8, 4) is 5.69 Å². The summed E-state index contributed by atoms with van der Waals surface area (Å²) < 4.78 is 1.35. The molecule has 3 aromatic rings. The molecule has 0 fully saturated rings. The number of benzene rings is 2. The van der Waals surface area contributed by atoms with Gasteiger partial charge < -0.3 is 16.0 Å². The van der Waals surface area contributed by atoms with Crippen molar-refractivity contribution in [1.82, 2.24) is 25.0 Å². The summed E-state index contributed by atoms with van der Waals surface area (Å²) in [5.41, 5.74) is 6.80. The first-order valence-corrected chi connectivity index (χ1v) is 12.0. The molecule has 36 heavy (non-hydrogen) atoms. The summed E-state index contributed by atoms with van der Waals surface area (Å²) in [7, 11) is 3.15. The van der Waals surface area contributed by atoms with Crippen LogP contribution in [0.2, 0.25) is 10.0 Å². The summed E-state index contributed by atoms with van der Waals surface area (Å²) in [5.74, 6) is -0.801. The van der Waals surface area contributed by atoms with Crippen molar-refractivity contribution in [1.29, 1.82) is 0 Å². The predicted octanol–water partition coefficient (Wildman–Crippen LogP) is 3.50. The van der Waals surface area contributed by atoms with E-state index in [0.29, 0.717) is 17.1 Å². The third kappa shape index (κ3) is 6.29. The van der Waals surface area contributed by atoms with E-state index in [1.807, 2.05) is 13.8 Å². The molecule has 1 aromatic heterocycles. The second-order valence-electron chi connectivity index (χ2n) is 8.89. The van der Waals surface area contributed by atoms with Crippen LogP contribution in [0, 0.1) is 5.92 Å². The maximum Gasteiger partial charge on any atom is 0.293 e. The highest BCUT2D eigenvalue weighted by molar-refractivity contribution is 6.35. The van der Waals surface area contributed by atoms with Crippen LogP contribution in [-0.4, -0.2) is 57.4 Å². The van der Waals surface area contributed by atoms with Gasteiger partial charge in [0.25, 0.3) is 5.91 Å². The molecule has 0 saturated heterocycles. The van der Waals surface area contributed by atoms with Crippen LogP contribution in [0.3, 0.4) is 0 Å². The molecule has 0 aliphatic carbocycles. The zero-order valence-electron chi connectivity index (χ0n) is 20.5. The number of rotatable bonds is 9. The lowest BCUT2D eigenvalue weighted by molar-refractivity contribution is -0.122. The Kier molecular flexibility index (Phi) is 8.84. The molecule has 1 heterocycles. The van der Waals surface area contributed by atoms with E-state index in [-0.39, 0.29) is 52.0 Å². The van der Waals surface area contributed by atoms with Gasteiger partial charge in [-0.25, -0.2) is 9.67 Å². The van der Waals surface area contributed by atoms with Crippen LogP contribution in [0.15, 0.2) is 42.5 Å². The molecular formula is C25H28Cl2N6O3. The Hall–Kier alpha value is -3.27. The Bertz CT molecular complexity index is 1290. The summed E-state index contributed by atoms with van der Waals surface area (Å²) in [6.45, 7) is 3.88. The summed E-state index contributed by atoms with van der Waals surface area (Å²) in [6.07, 6.45) is 0.510. The van der Waals surface area contributed by atoms with Crippen LogP contribution >= 0.6 is 23.2 Å². The Morgan fingerprint density at radius 2 is 1.78 bits per heavy atom. The van der Waals surface area contributed by atoms with E-state index >= 15 is 0 Å². The van der Waals surface area contributed by atoms with E-state index in [4.69, 9.17) is 28.9 Å². The molecule has 9 nitrogen and oxygen atoms in total. The molecule has 11 heteroatoms. The standard InChI is InChI=1S/C25H28Cl2N6O3/c1-14(2)11-19(28)24(35)29-13-21-30-23(25(36)32(3)4)31-33(21)20-10-9-15(26)12-17(20)22(34)16-7-5-6-8-18(16)27/h5-10,12,14,19H,11,13,28H2,1-4H3,(H,29,35)/t19-/m1/s1. The number of halogens is 2. The van der Waals surface area contributed by atoms with Gasteiger partial charge in [-0.2, -0.15) is 0 Å². The Labute approximate surface area is 219 Å². The highest BCUT2D eigenvalue weighted by Crippen LogP contribution is 2.26. The fourth-order valence-corrected chi connectivity index (χ4v) is 3.91. The topological polar surface area (TPSA) is 123 Å². The van der Waals surface area contributed by atoms with Crippen LogP contribution in [0.25, 0.3) is 5.69 Å². The number of hydrogen-bond donors (Lipinski definition) is 2. The van der Waals surface area contributed by atoms with E-state index in [9.17, 15) is 14.4 Å². The van der Waals surface area contributed by atoms with E-state index < -0.39 is 11.9 Å². The van der Waals surface area contributed by atoms with Gasteiger partial charge in [0.05, 0.1) is 23.3 Å². The van der Waals surface area contributed by atoms with Gasteiger partial charge in [0.1, 0.15) is 0 Å². The molecule has 190 valence electrons. The molecule has 0 aliphatic rings. The minimum absolute atomic E-state index is 0.0688. The summed E-state index contributed by atoms with van der Waals surface area (Å²) >= 11 is 12.5. The number of carbonyl (C=O) groups is 3. The van der Waals surface area contributed by atoms with E-state index in [0.717, 1.165) is 0 Å². The number of ketones is 1. The number of nitrogens with zero attached hydrogens (tertiary/aromatic N) is 4. The molecular weight excluding hydrogens is 503 g/mol. The molecule has 0 unspecified atom stereocenters. The van der Waals surface area contributed by atoms with E-state index in [2.05, 4.69) is 15.4 Å². The van der Waals surface area contributed by atoms with Crippen LogP contribution < -0.4 is 11.1 Å². The molecule has 0 spiro atoms. The average molecular weight is 531 g/mol.